The van der Waals surface area contributed by atoms with Crippen LogP contribution in [-0.2, 0) is 20.9 Å². The minimum atomic E-state index is -0.108. The third-order valence-electron chi connectivity index (χ3n) is 4.06. The van der Waals surface area contributed by atoms with Crippen molar-refractivity contribution < 1.29 is 14.3 Å². The minimum absolute atomic E-state index is 0.0156. The Hall–Kier alpha value is -1.64. The van der Waals surface area contributed by atoms with Crippen LogP contribution in [0.3, 0.4) is 0 Å². The molecule has 0 bridgehead atoms. The van der Waals surface area contributed by atoms with Gasteiger partial charge >= 0.3 is 5.97 Å². The number of ketones is 1. The smallest absolute Gasteiger partial charge is 0.309 e. The first-order valence-electron chi connectivity index (χ1n) is 6.39. The lowest BCUT2D eigenvalue weighted by Crippen LogP contribution is -2.50. The lowest BCUT2D eigenvalue weighted by molar-refractivity contribution is -0.166. The van der Waals surface area contributed by atoms with Gasteiger partial charge in [-0.3, -0.25) is 9.59 Å². The summed E-state index contributed by atoms with van der Waals surface area (Å²) >= 11 is 0. The summed E-state index contributed by atoms with van der Waals surface area (Å²) in [5.41, 5.74) is 1.19. The summed E-state index contributed by atoms with van der Waals surface area (Å²) in [5.74, 6) is 0.247. The van der Waals surface area contributed by atoms with Gasteiger partial charge in [0, 0.05) is 12.8 Å². The molecule has 2 aliphatic rings. The van der Waals surface area contributed by atoms with Crippen LogP contribution in [0.25, 0.3) is 0 Å². The van der Waals surface area contributed by atoms with Gasteiger partial charge in [-0.1, -0.05) is 30.3 Å². The first kappa shape index (κ1) is 11.5. The number of ether oxygens (including phenoxy) is 1. The van der Waals surface area contributed by atoms with Crippen molar-refractivity contribution in [3.63, 3.8) is 0 Å². The normalized spacial score (nSPS) is 21.2. The average Bonchev–Trinajstić information content (AvgIpc) is 2.30. The number of benzene rings is 1. The number of hydrogen-bond acceptors (Lipinski definition) is 3. The second-order valence-corrected chi connectivity index (χ2v) is 5.59. The summed E-state index contributed by atoms with van der Waals surface area (Å²) in [6.45, 7) is 0.349. The Balaban J connectivity index is 1.45. The Labute approximate surface area is 106 Å². The summed E-state index contributed by atoms with van der Waals surface area (Å²) in [6.07, 6.45) is 3.03. The zero-order valence-electron chi connectivity index (χ0n) is 10.2. The first-order chi connectivity index (χ1) is 8.67. The molecule has 0 atom stereocenters. The molecule has 0 heterocycles. The van der Waals surface area contributed by atoms with E-state index in [0.29, 0.717) is 25.2 Å². The average molecular weight is 244 g/mol. The van der Waals surface area contributed by atoms with E-state index in [1.807, 2.05) is 30.3 Å². The summed E-state index contributed by atoms with van der Waals surface area (Å²) in [7, 11) is 0. The molecule has 0 N–H and O–H groups in total. The van der Waals surface area contributed by atoms with Crippen molar-refractivity contribution in [3.8, 4) is 0 Å². The summed E-state index contributed by atoms with van der Waals surface area (Å²) in [6, 6.07) is 9.69. The molecule has 0 amide bonds. The van der Waals surface area contributed by atoms with E-state index < -0.39 is 0 Å². The number of carbonyl (C=O) groups excluding carboxylic acids is 2. The largest absolute Gasteiger partial charge is 0.461 e. The third-order valence-corrected chi connectivity index (χ3v) is 4.06. The van der Waals surface area contributed by atoms with Crippen LogP contribution in [0.15, 0.2) is 30.3 Å². The number of Topliss-reactive ketones (excluding diaryl/α,β-unsaturated/α-hetero) is 1. The van der Waals surface area contributed by atoms with Crippen molar-refractivity contribution in [2.45, 2.75) is 32.3 Å². The molecule has 2 fully saturated rings. The van der Waals surface area contributed by atoms with Crippen LogP contribution in [0, 0.1) is 11.3 Å². The number of esters is 1. The molecule has 0 unspecified atom stereocenters. The molecule has 94 valence electrons. The van der Waals surface area contributed by atoms with Crippen molar-refractivity contribution in [2.24, 2.45) is 11.3 Å². The molecule has 0 aromatic heterocycles. The van der Waals surface area contributed by atoms with E-state index in [-0.39, 0.29) is 17.3 Å². The van der Waals surface area contributed by atoms with Gasteiger partial charge < -0.3 is 4.74 Å². The highest BCUT2D eigenvalue weighted by molar-refractivity contribution is 5.87. The number of rotatable bonds is 3. The van der Waals surface area contributed by atoms with Gasteiger partial charge in [-0.05, 0) is 23.8 Å². The standard InChI is InChI=1S/C15H16O3/c16-13-8-15(9-13)6-12(7-15)14(17)18-10-11-4-2-1-3-5-11/h1-5,12H,6-10H2. The van der Waals surface area contributed by atoms with Crippen LogP contribution in [0.4, 0.5) is 0 Å². The highest BCUT2D eigenvalue weighted by Gasteiger charge is 2.55. The number of carbonyl (C=O) groups is 2. The van der Waals surface area contributed by atoms with Gasteiger partial charge in [0.15, 0.2) is 0 Å². The Kier molecular flexibility index (Phi) is 2.69. The molecule has 3 rings (SSSR count). The maximum absolute atomic E-state index is 11.8. The van der Waals surface area contributed by atoms with Gasteiger partial charge in [0.1, 0.15) is 12.4 Å². The molecular weight excluding hydrogens is 228 g/mol. The second kappa shape index (κ2) is 4.23. The maximum atomic E-state index is 11.8. The van der Waals surface area contributed by atoms with Crippen LogP contribution in [0.5, 0.6) is 0 Å². The fourth-order valence-electron chi connectivity index (χ4n) is 3.07. The Morgan fingerprint density at radius 1 is 1.22 bits per heavy atom. The molecule has 0 aliphatic heterocycles. The van der Waals surface area contributed by atoms with Crippen LogP contribution in [0.2, 0.25) is 0 Å². The van der Waals surface area contributed by atoms with Crippen molar-refractivity contribution in [2.75, 3.05) is 0 Å². The SMILES string of the molecule is O=C1CC2(C1)CC(C(=O)OCc1ccccc1)C2. The monoisotopic (exact) mass is 244 g/mol. The van der Waals surface area contributed by atoms with Crippen LogP contribution in [-0.4, -0.2) is 11.8 Å². The van der Waals surface area contributed by atoms with E-state index in [9.17, 15) is 9.59 Å². The van der Waals surface area contributed by atoms with Gasteiger partial charge in [0.25, 0.3) is 0 Å². The van der Waals surface area contributed by atoms with E-state index in [1.54, 1.807) is 0 Å². The van der Waals surface area contributed by atoms with Gasteiger partial charge in [-0.15, -0.1) is 0 Å². The predicted octanol–water partition coefficient (Wildman–Crippen LogP) is 2.49. The topological polar surface area (TPSA) is 43.4 Å². The van der Waals surface area contributed by atoms with E-state index >= 15 is 0 Å². The summed E-state index contributed by atoms with van der Waals surface area (Å²) < 4.78 is 5.30. The minimum Gasteiger partial charge on any atom is -0.461 e. The van der Waals surface area contributed by atoms with Gasteiger partial charge in [0.05, 0.1) is 5.92 Å². The van der Waals surface area contributed by atoms with Crippen LogP contribution in [0.1, 0.15) is 31.2 Å². The molecule has 18 heavy (non-hydrogen) atoms. The van der Waals surface area contributed by atoms with Crippen molar-refractivity contribution >= 4 is 11.8 Å². The molecule has 1 spiro atoms. The molecule has 2 aliphatic carbocycles. The summed E-state index contributed by atoms with van der Waals surface area (Å²) in [5, 5.41) is 0. The molecule has 1 aromatic rings. The Morgan fingerprint density at radius 3 is 2.50 bits per heavy atom. The van der Waals surface area contributed by atoms with E-state index in [4.69, 9.17) is 4.74 Å². The van der Waals surface area contributed by atoms with Crippen LogP contribution < -0.4 is 0 Å². The fraction of sp³-hybridized carbons (Fsp3) is 0.467. The fourth-order valence-corrected chi connectivity index (χ4v) is 3.07. The Morgan fingerprint density at radius 2 is 1.89 bits per heavy atom. The van der Waals surface area contributed by atoms with Gasteiger partial charge in [-0.2, -0.15) is 0 Å². The maximum Gasteiger partial charge on any atom is 0.309 e. The van der Waals surface area contributed by atoms with E-state index in [1.165, 1.54) is 0 Å². The predicted molar refractivity (Wildman–Crippen MR) is 65.6 cm³/mol. The molecule has 0 radical (unpaired) electrons. The van der Waals surface area contributed by atoms with E-state index in [2.05, 4.69) is 0 Å². The molecule has 0 saturated heterocycles. The second-order valence-electron chi connectivity index (χ2n) is 5.59. The van der Waals surface area contributed by atoms with E-state index in [0.717, 1.165) is 18.4 Å². The highest BCUT2D eigenvalue weighted by Crippen LogP contribution is 2.57. The first-order valence-corrected chi connectivity index (χ1v) is 6.39. The molecular formula is C15H16O3. The van der Waals surface area contributed by atoms with Crippen molar-refractivity contribution in [1.82, 2.24) is 0 Å². The molecule has 1 aromatic carbocycles. The molecule has 2 saturated carbocycles. The molecule has 3 nitrogen and oxygen atoms in total. The highest BCUT2D eigenvalue weighted by atomic mass is 16.5. The zero-order chi connectivity index (χ0) is 12.6. The lowest BCUT2D eigenvalue weighted by atomic mass is 9.51. The lowest BCUT2D eigenvalue weighted by Gasteiger charge is -2.51. The quantitative estimate of drug-likeness (QED) is 0.767. The third kappa shape index (κ3) is 2.05. The van der Waals surface area contributed by atoms with Crippen molar-refractivity contribution in [1.29, 1.82) is 0 Å². The van der Waals surface area contributed by atoms with Crippen molar-refractivity contribution in [3.05, 3.63) is 35.9 Å². The van der Waals surface area contributed by atoms with Gasteiger partial charge in [0.2, 0.25) is 0 Å². The Bertz CT molecular complexity index is 462. The summed E-state index contributed by atoms with van der Waals surface area (Å²) in [4.78, 5) is 22.8. The zero-order valence-corrected chi connectivity index (χ0v) is 10.2. The van der Waals surface area contributed by atoms with Gasteiger partial charge in [-0.25, -0.2) is 0 Å². The van der Waals surface area contributed by atoms with Crippen LogP contribution >= 0.6 is 0 Å². The molecule has 3 heteroatoms. The number of hydrogen-bond donors (Lipinski definition) is 0.